The normalized spacial score (nSPS) is 17.7. The maximum atomic E-state index is 13.1. The lowest BCUT2D eigenvalue weighted by molar-refractivity contribution is -0.140. The first-order valence-electron chi connectivity index (χ1n) is 11.2. The number of carbonyl (C=O) groups excluding carboxylic acids is 2. The summed E-state index contributed by atoms with van der Waals surface area (Å²) in [4.78, 5) is 27.5. The van der Waals surface area contributed by atoms with Crippen LogP contribution in [0.2, 0.25) is 0 Å². The summed E-state index contributed by atoms with van der Waals surface area (Å²) in [6, 6.07) is 10.7. The van der Waals surface area contributed by atoms with Gasteiger partial charge in [0.05, 0.1) is 24.3 Å². The van der Waals surface area contributed by atoms with Gasteiger partial charge in [-0.2, -0.15) is 0 Å². The lowest BCUT2D eigenvalue weighted by atomic mass is 9.94. The van der Waals surface area contributed by atoms with Gasteiger partial charge in [-0.15, -0.1) is 0 Å². The van der Waals surface area contributed by atoms with Gasteiger partial charge in [0.1, 0.15) is 17.3 Å². The number of ketones is 1. The minimum Gasteiger partial charge on any atom is -0.508 e. The number of Topliss-reactive ketones (excluding diaryl/α,β-unsaturated/α-hetero) is 1. The Labute approximate surface area is 194 Å². The highest BCUT2D eigenvalue weighted by Gasteiger charge is 2.45. The molecule has 2 N–H and O–H groups in total. The minimum atomic E-state index is -0.817. The molecule has 1 aliphatic heterocycles. The van der Waals surface area contributed by atoms with Crippen LogP contribution in [0.5, 0.6) is 11.5 Å². The number of amides is 1. The Bertz CT molecular complexity index is 1060. The molecule has 1 heterocycles. The first-order valence-corrected chi connectivity index (χ1v) is 11.2. The number of likely N-dealkylation sites (tertiary alicyclic amines) is 1. The van der Waals surface area contributed by atoms with Crippen LogP contribution in [-0.2, 0) is 14.3 Å². The predicted octanol–water partition coefficient (Wildman–Crippen LogP) is 4.34. The monoisotopic (exact) mass is 453 g/mol. The molecule has 2 aromatic carbocycles. The summed E-state index contributed by atoms with van der Waals surface area (Å²) in [6.07, 6.45) is 0.591. The number of hydrogen-bond donors (Lipinski definition) is 2. The van der Waals surface area contributed by atoms with Crippen molar-refractivity contribution in [2.45, 2.75) is 46.3 Å². The maximum Gasteiger partial charge on any atom is 0.295 e. The first kappa shape index (κ1) is 24.3. The van der Waals surface area contributed by atoms with Crippen molar-refractivity contribution in [3.63, 3.8) is 0 Å². The van der Waals surface area contributed by atoms with Crippen molar-refractivity contribution >= 4 is 17.4 Å². The lowest BCUT2D eigenvalue weighted by Gasteiger charge is -2.25. The fraction of sp³-hybridized carbons (Fsp3) is 0.385. The Hall–Kier alpha value is -3.32. The minimum absolute atomic E-state index is 0.000983. The van der Waals surface area contributed by atoms with Crippen molar-refractivity contribution < 1.29 is 29.3 Å². The molecule has 1 amide bonds. The van der Waals surface area contributed by atoms with E-state index in [4.69, 9.17) is 9.47 Å². The van der Waals surface area contributed by atoms with Gasteiger partial charge in [-0.1, -0.05) is 12.1 Å². The zero-order valence-corrected chi connectivity index (χ0v) is 19.5. The number of rotatable bonds is 9. The Morgan fingerprint density at radius 3 is 2.55 bits per heavy atom. The number of aliphatic hydroxyl groups excluding tert-OH is 1. The summed E-state index contributed by atoms with van der Waals surface area (Å²) in [6.45, 7) is 8.81. The Balaban J connectivity index is 2.04. The van der Waals surface area contributed by atoms with Crippen molar-refractivity contribution in [3.05, 3.63) is 64.7 Å². The van der Waals surface area contributed by atoms with Crippen LogP contribution in [0, 0.1) is 6.92 Å². The molecule has 1 aliphatic rings. The van der Waals surface area contributed by atoms with Gasteiger partial charge in [0.25, 0.3) is 11.7 Å². The van der Waals surface area contributed by atoms with Crippen LogP contribution in [0.4, 0.5) is 0 Å². The van der Waals surface area contributed by atoms with Gasteiger partial charge in [0.15, 0.2) is 0 Å². The number of aromatic hydroxyl groups is 1. The van der Waals surface area contributed by atoms with Crippen LogP contribution in [0.15, 0.2) is 48.0 Å². The number of carbonyl (C=O) groups is 2. The third-order valence-electron chi connectivity index (χ3n) is 5.47. The largest absolute Gasteiger partial charge is 0.508 e. The number of aliphatic hydroxyl groups is 1. The van der Waals surface area contributed by atoms with E-state index in [9.17, 15) is 19.8 Å². The van der Waals surface area contributed by atoms with Gasteiger partial charge in [0.2, 0.25) is 0 Å². The second-order valence-corrected chi connectivity index (χ2v) is 8.27. The summed E-state index contributed by atoms with van der Waals surface area (Å²) < 4.78 is 11.1. The van der Waals surface area contributed by atoms with Gasteiger partial charge < -0.3 is 24.6 Å². The number of nitrogens with zero attached hydrogens (tertiary/aromatic N) is 1. The molecule has 3 rings (SSSR count). The van der Waals surface area contributed by atoms with Crippen LogP contribution in [0.3, 0.4) is 0 Å². The summed E-state index contributed by atoms with van der Waals surface area (Å²) in [7, 11) is 0. The summed E-state index contributed by atoms with van der Waals surface area (Å²) in [5, 5.41) is 21.2. The molecular weight excluding hydrogens is 422 g/mol. The number of hydrogen-bond acceptors (Lipinski definition) is 6. The van der Waals surface area contributed by atoms with Gasteiger partial charge >= 0.3 is 0 Å². The molecule has 2 aromatic rings. The van der Waals surface area contributed by atoms with E-state index in [1.54, 1.807) is 30.3 Å². The lowest BCUT2D eigenvalue weighted by Crippen LogP contribution is -2.31. The van der Waals surface area contributed by atoms with Crippen molar-refractivity contribution in [3.8, 4) is 11.5 Å². The molecular formula is C26H31NO6. The highest BCUT2D eigenvalue weighted by molar-refractivity contribution is 6.46. The van der Waals surface area contributed by atoms with Crippen molar-refractivity contribution in [1.29, 1.82) is 0 Å². The van der Waals surface area contributed by atoms with Crippen LogP contribution >= 0.6 is 0 Å². The summed E-state index contributed by atoms with van der Waals surface area (Å²) >= 11 is 0. The number of phenolic OH excluding ortho intramolecular Hbond substituents is 1. The van der Waals surface area contributed by atoms with E-state index in [0.29, 0.717) is 36.5 Å². The average Bonchev–Trinajstić information content (AvgIpc) is 3.02. The maximum absolute atomic E-state index is 13.1. The van der Waals surface area contributed by atoms with E-state index >= 15 is 0 Å². The van der Waals surface area contributed by atoms with E-state index in [1.807, 2.05) is 27.7 Å². The van der Waals surface area contributed by atoms with E-state index in [1.165, 1.54) is 17.0 Å². The number of phenols is 1. The third-order valence-corrected chi connectivity index (χ3v) is 5.47. The van der Waals surface area contributed by atoms with E-state index in [0.717, 1.165) is 5.56 Å². The molecule has 0 saturated carbocycles. The average molecular weight is 454 g/mol. The van der Waals surface area contributed by atoms with Gasteiger partial charge in [0, 0.05) is 18.7 Å². The smallest absolute Gasteiger partial charge is 0.295 e. The number of ether oxygens (including phenoxy) is 2. The quantitative estimate of drug-likeness (QED) is 0.254. The summed E-state index contributed by atoms with van der Waals surface area (Å²) in [5.74, 6) is -0.995. The Morgan fingerprint density at radius 2 is 1.91 bits per heavy atom. The molecule has 1 atom stereocenters. The topological polar surface area (TPSA) is 96.3 Å². The molecule has 0 radical (unpaired) electrons. The van der Waals surface area contributed by atoms with Crippen molar-refractivity contribution in [1.82, 2.24) is 4.90 Å². The van der Waals surface area contributed by atoms with Crippen LogP contribution < -0.4 is 4.74 Å². The fourth-order valence-electron chi connectivity index (χ4n) is 3.98. The molecule has 1 unspecified atom stereocenters. The molecule has 33 heavy (non-hydrogen) atoms. The molecule has 0 spiro atoms. The van der Waals surface area contributed by atoms with Gasteiger partial charge in [-0.25, -0.2) is 0 Å². The van der Waals surface area contributed by atoms with E-state index in [2.05, 4.69) is 0 Å². The molecule has 7 nitrogen and oxygen atoms in total. The van der Waals surface area contributed by atoms with Crippen molar-refractivity contribution in [2.75, 3.05) is 19.8 Å². The second-order valence-electron chi connectivity index (χ2n) is 8.27. The highest BCUT2D eigenvalue weighted by Crippen LogP contribution is 2.40. The molecule has 176 valence electrons. The molecule has 1 fully saturated rings. The van der Waals surface area contributed by atoms with Crippen LogP contribution in [-0.4, -0.2) is 52.7 Å². The standard InChI is InChI=1S/C26H31NO6/c1-5-32-21-11-10-19(14-17(21)4)24(29)22-23(18-8-6-9-20(28)15-18)27(26(31)25(22)30)12-7-13-33-16(2)3/h6,8-11,14-16,23,28-29H,5,7,12-13H2,1-4H3/b24-22-. The van der Waals surface area contributed by atoms with Gasteiger partial charge in [-0.05, 0) is 75.6 Å². The van der Waals surface area contributed by atoms with Crippen LogP contribution in [0.1, 0.15) is 49.9 Å². The molecule has 0 aromatic heterocycles. The molecule has 0 bridgehead atoms. The fourth-order valence-corrected chi connectivity index (χ4v) is 3.98. The van der Waals surface area contributed by atoms with E-state index in [-0.39, 0.29) is 29.7 Å². The second kappa shape index (κ2) is 10.5. The van der Waals surface area contributed by atoms with Crippen molar-refractivity contribution in [2.24, 2.45) is 0 Å². The Kier molecular flexibility index (Phi) is 7.76. The zero-order chi connectivity index (χ0) is 24.1. The number of benzene rings is 2. The van der Waals surface area contributed by atoms with Crippen LogP contribution in [0.25, 0.3) is 5.76 Å². The SMILES string of the molecule is CCOc1ccc(/C(O)=C2/C(=O)C(=O)N(CCCOC(C)C)C2c2cccc(O)c2)cc1C. The first-order chi connectivity index (χ1) is 15.7. The zero-order valence-electron chi connectivity index (χ0n) is 19.5. The molecule has 7 heteroatoms. The Morgan fingerprint density at radius 1 is 1.15 bits per heavy atom. The van der Waals surface area contributed by atoms with E-state index < -0.39 is 17.7 Å². The predicted molar refractivity (Wildman–Crippen MR) is 125 cm³/mol. The molecule has 0 aliphatic carbocycles. The summed E-state index contributed by atoms with van der Waals surface area (Å²) in [5.41, 5.74) is 1.76. The molecule has 1 saturated heterocycles. The third kappa shape index (κ3) is 5.37. The number of aryl methyl sites for hydroxylation is 1. The van der Waals surface area contributed by atoms with Gasteiger partial charge in [-0.3, -0.25) is 9.59 Å². The highest BCUT2D eigenvalue weighted by atomic mass is 16.5.